The Bertz CT molecular complexity index is 620. The molecule has 0 bridgehead atoms. The van der Waals surface area contributed by atoms with Crippen molar-refractivity contribution in [3.8, 4) is 0 Å². The van der Waals surface area contributed by atoms with E-state index in [0.717, 1.165) is 30.5 Å². The number of hydrogen-bond donors (Lipinski definition) is 2. The van der Waals surface area contributed by atoms with Gasteiger partial charge in [-0.05, 0) is 42.0 Å². The van der Waals surface area contributed by atoms with Gasteiger partial charge < -0.3 is 10.3 Å². The standard InChI is InChI=1S/C13H13FN2O.ClH/c14-9-1-2-10-11(5-9)13(17)16-7-12(10)8-3-4-15-6-8;/h1-2,5,7-8,15H,3-4,6H2,(H,16,17);1H. The Balaban J connectivity index is 0.00000120. The number of fused-ring (bicyclic) bond motifs is 1. The van der Waals surface area contributed by atoms with Crippen LogP contribution in [0.1, 0.15) is 17.9 Å². The van der Waals surface area contributed by atoms with Gasteiger partial charge in [0.25, 0.3) is 5.56 Å². The van der Waals surface area contributed by atoms with E-state index in [9.17, 15) is 9.18 Å². The molecule has 1 aromatic heterocycles. The molecule has 1 aromatic carbocycles. The van der Waals surface area contributed by atoms with Gasteiger partial charge in [0.15, 0.2) is 0 Å². The van der Waals surface area contributed by atoms with Crippen molar-refractivity contribution >= 4 is 23.2 Å². The largest absolute Gasteiger partial charge is 0.328 e. The average molecular weight is 269 g/mol. The van der Waals surface area contributed by atoms with E-state index >= 15 is 0 Å². The Hall–Kier alpha value is -1.39. The number of aromatic nitrogens is 1. The van der Waals surface area contributed by atoms with Crippen LogP contribution in [0.5, 0.6) is 0 Å². The minimum absolute atomic E-state index is 0. The van der Waals surface area contributed by atoms with Gasteiger partial charge in [-0.25, -0.2) is 4.39 Å². The summed E-state index contributed by atoms with van der Waals surface area (Å²) in [6, 6.07) is 4.42. The molecule has 18 heavy (non-hydrogen) atoms. The third-order valence-corrected chi connectivity index (χ3v) is 3.40. The zero-order valence-electron chi connectivity index (χ0n) is 9.70. The highest BCUT2D eigenvalue weighted by Gasteiger charge is 2.19. The first-order valence-electron chi connectivity index (χ1n) is 5.77. The lowest BCUT2D eigenvalue weighted by Gasteiger charge is -2.11. The molecule has 0 radical (unpaired) electrons. The molecule has 3 nitrogen and oxygen atoms in total. The summed E-state index contributed by atoms with van der Waals surface area (Å²) in [4.78, 5) is 14.4. The molecular formula is C13H14ClFN2O. The third-order valence-electron chi connectivity index (χ3n) is 3.40. The van der Waals surface area contributed by atoms with Crippen molar-refractivity contribution in [2.75, 3.05) is 13.1 Å². The zero-order valence-corrected chi connectivity index (χ0v) is 10.5. The molecule has 3 rings (SSSR count). The van der Waals surface area contributed by atoms with Crippen molar-refractivity contribution in [3.05, 3.63) is 46.1 Å². The molecule has 1 fully saturated rings. The Morgan fingerprint density at radius 3 is 2.83 bits per heavy atom. The van der Waals surface area contributed by atoms with E-state index in [1.807, 2.05) is 0 Å². The maximum absolute atomic E-state index is 13.2. The summed E-state index contributed by atoms with van der Waals surface area (Å²) in [5.74, 6) is 0.0320. The van der Waals surface area contributed by atoms with Crippen LogP contribution in [0, 0.1) is 5.82 Å². The lowest BCUT2D eigenvalue weighted by molar-refractivity contribution is 0.629. The SMILES string of the molecule is Cl.O=c1[nH]cc(C2CCNC2)c2ccc(F)cc12. The highest BCUT2D eigenvalue weighted by Crippen LogP contribution is 2.27. The van der Waals surface area contributed by atoms with Crippen molar-refractivity contribution in [2.45, 2.75) is 12.3 Å². The second kappa shape index (κ2) is 5.08. The zero-order chi connectivity index (χ0) is 11.8. The minimum Gasteiger partial charge on any atom is -0.328 e. The molecule has 2 N–H and O–H groups in total. The third kappa shape index (κ3) is 2.13. The molecule has 0 spiro atoms. The summed E-state index contributed by atoms with van der Waals surface area (Å²) in [5.41, 5.74) is 0.874. The summed E-state index contributed by atoms with van der Waals surface area (Å²) < 4.78 is 13.2. The van der Waals surface area contributed by atoms with Crippen molar-refractivity contribution < 1.29 is 4.39 Å². The molecule has 1 aliphatic heterocycles. The molecular weight excluding hydrogens is 255 g/mol. The van der Waals surface area contributed by atoms with Gasteiger partial charge in [0.05, 0.1) is 5.39 Å². The average Bonchev–Trinajstić information content (AvgIpc) is 2.84. The predicted octanol–water partition coefficient (Wildman–Crippen LogP) is 2.17. The predicted molar refractivity (Wildman–Crippen MR) is 72.0 cm³/mol. The van der Waals surface area contributed by atoms with Crippen LogP contribution in [0.2, 0.25) is 0 Å². The minimum atomic E-state index is -0.371. The Morgan fingerprint density at radius 2 is 2.11 bits per heavy atom. The quantitative estimate of drug-likeness (QED) is 0.833. The van der Waals surface area contributed by atoms with Crippen LogP contribution < -0.4 is 10.9 Å². The Morgan fingerprint density at radius 1 is 1.28 bits per heavy atom. The fraction of sp³-hybridized carbons (Fsp3) is 0.308. The van der Waals surface area contributed by atoms with E-state index in [-0.39, 0.29) is 23.8 Å². The van der Waals surface area contributed by atoms with E-state index in [2.05, 4.69) is 10.3 Å². The van der Waals surface area contributed by atoms with Gasteiger partial charge in [-0.15, -0.1) is 12.4 Å². The summed E-state index contributed by atoms with van der Waals surface area (Å²) >= 11 is 0. The number of H-pyrrole nitrogens is 1. The molecule has 0 amide bonds. The van der Waals surface area contributed by atoms with Crippen LogP contribution in [0.3, 0.4) is 0 Å². The van der Waals surface area contributed by atoms with E-state index in [1.165, 1.54) is 12.1 Å². The van der Waals surface area contributed by atoms with Crippen molar-refractivity contribution in [2.24, 2.45) is 0 Å². The van der Waals surface area contributed by atoms with Crippen LogP contribution in [0.25, 0.3) is 10.8 Å². The number of halogens is 2. The van der Waals surface area contributed by atoms with Gasteiger partial charge in [-0.2, -0.15) is 0 Å². The maximum Gasteiger partial charge on any atom is 0.255 e. The second-order valence-electron chi connectivity index (χ2n) is 4.45. The highest BCUT2D eigenvalue weighted by molar-refractivity contribution is 5.85. The first-order valence-corrected chi connectivity index (χ1v) is 5.77. The van der Waals surface area contributed by atoms with Gasteiger partial charge in [-0.3, -0.25) is 4.79 Å². The van der Waals surface area contributed by atoms with Crippen molar-refractivity contribution in [3.63, 3.8) is 0 Å². The van der Waals surface area contributed by atoms with Gasteiger partial charge in [0.2, 0.25) is 0 Å². The fourth-order valence-corrected chi connectivity index (χ4v) is 2.51. The van der Waals surface area contributed by atoms with Gasteiger partial charge >= 0.3 is 0 Å². The van der Waals surface area contributed by atoms with E-state index < -0.39 is 0 Å². The normalized spacial score (nSPS) is 18.8. The molecule has 2 heterocycles. The van der Waals surface area contributed by atoms with Crippen LogP contribution >= 0.6 is 12.4 Å². The molecule has 1 saturated heterocycles. The smallest absolute Gasteiger partial charge is 0.255 e. The number of benzene rings is 1. The number of aromatic amines is 1. The molecule has 1 atom stereocenters. The highest BCUT2D eigenvalue weighted by atomic mass is 35.5. The summed E-state index contributed by atoms with van der Waals surface area (Å²) in [5, 5.41) is 4.60. The van der Waals surface area contributed by atoms with E-state index in [4.69, 9.17) is 0 Å². The lowest BCUT2D eigenvalue weighted by atomic mass is 9.95. The van der Waals surface area contributed by atoms with Gasteiger partial charge in [0, 0.05) is 12.7 Å². The Labute approximate surface area is 110 Å². The molecule has 1 unspecified atom stereocenters. The van der Waals surface area contributed by atoms with Crippen LogP contribution in [-0.2, 0) is 0 Å². The molecule has 0 saturated carbocycles. The number of pyridine rings is 1. The van der Waals surface area contributed by atoms with Crippen molar-refractivity contribution in [1.29, 1.82) is 0 Å². The van der Waals surface area contributed by atoms with Crippen LogP contribution in [0.15, 0.2) is 29.2 Å². The Kier molecular flexibility index (Phi) is 3.68. The van der Waals surface area contributed by atoms with Gasteiger partial charge in [0.1, 0.15) is 5.82 Å². The van der Waals surface area contributed by atoms with Crippen LogP contribution in [0.4, 0.5) is 4.39 Å². The number of rotatable bonds is 1. The monoisotopic (exact) mass is 268 g/mol. The number of hydrogen-bond acceptors (Lipinski definition) is 2. The van der Waals surface area contributed by atoms with E-state index in [1.54, 1.807) is 12.3 Å². The fourth-order valence-electron chi connectivity index (χ4n) is 2.51. The summed E-state index contributed by atoms with van der Waals surface area (Å²) in [7, 11) is 0. The first kappa shape index (κ1) is 13.1. The van der Waals surface area contributed by atoms with Gasteiger partial charge in [-0.1, -0.05) is 6.07 Å². The number of nitrogens with one attached hydrogen (secondary N) is 2. The first-order chi connectivity index (χ1) is 8.25. The lowest BCUT2D eigenvalue weighted by Crippen LogP contribution is -2.12. The van der Waals surface area contributed by atoms with E-state index in [0.29, 0.717) is 11.3 Å². The topological polar surface area (TPSA) is 44.9 Å². The van der Waals surface area contributed by atoms with Crippen LogP contribution in [-0.4, -0.2) is 18.1 Å². The molecule has 0 aliphatic carbocycles. The summed E-state index contributed by atoms with van der Waals surface area (Å²) in [6.45, 7) is 1.91. The molecule has 96 valence electrons. The molecule has 2 aromatic rings. The molecule has 1 aliphatic rings. The molecule has 5 heteroatoms. The second-order valence-corrected chi connectivity index (χ2v) is 4.45. The summed E-state index contributed by atoms with van der Waals surface area (Å²) in [6.07, 6.45) is 2.82. The maximum atomic E-state index is 13.2. The van der Waals surface area contributed by atoms with Crippen molar-refractivity contribution in [1.82, 2.24) is 10.3 Å².